The molecule has 2 aromatic carbocycles. The molecule has 2 aromatic rings. The SMILES string of the molecule is CCN(CC)C(CNC(=O)c1cc(Cl)ccc1F)Cc1ccccc1. The lowest BCUT2D eigenvalue weighted by Gasteiger charge is -2.30. The van der Waals surface area contributed by atoms with Crippen LogP contribution in [-0.4, -0.2) is 36.5 Å². The molecule has 5 heteroatoms. The number of likely N-dealkylation sites (N-methyl/N-ethyl adjacent to an activating group) is 1. The Morgan fingerprint density at radius 2 is 1.84 bits per heavy atom. The number of carbonyl (C=O) groups is 1. The van der Waals surface area contributed by atoms with Gasteiger partial charge in [0.25, 0.3) is 5.91 Å². The molecule has 134 valence electrons. The highest BCUT2D eigenvalue weighted by Crippen LogP contribution is 2.15. The second-order valence-corrected chi connectivity index (χ2v) is 6.34. The fourth-order valence-corrected chi connectivity index (χ4v) is 3.11. The van der Waals surface area contributed by atoms with E-state index in [1.165, 1.54) is 23.8 Å². The van der Waals surface area contributed by atoms with Gasteiger partial charge in [0.1, 0.15) is 5.82 Å². The first-order valence-corrected chi connectivity index (χ1v) is 8.94. The van der Waals surface area contributed by atoms with Crippen LogP contribution in [0.5, 0.6) is 0 Å². The third-order valence-corrected chi connectivity index (χ3v) is 4.55. The Morgan fingerprint density at radius 3 is 2.48 bits per heavy atom. The number of benzene rings is 2. The molecule has 0 saturated heterocycles. The molecule has 1 amide bonds. The van der Waals surface area contributed by atoms with Gasteiger partial charge < -0.3 is 5.32 Å². The Hall–Kier alpha value is -1.91. The molecule has 25 heavy (non-hydrogen) atoms. The number of nitrogens with one attached hydrogen (secondary N) is 1. The van der Waals surface area contributed by atoms with Gasteiger partial charge in [0.2, 0.25) is 0 Å². The van der Waals surface area contributed by atoms with Gasteiger partial charge in [0, 0.05) is 17.6 Å². The van der Waals surface area contributed by atoms with Crippen LogP contribution in [0.25, 0.3) is 0 Å². The number of halogens is 2. The van der Waals surface area contributed by atoms with E-state index >= 15 is 0 Å². The summed E-state index contributed by atoms with van der Waals surface area (Å²) >= 11 is 5.87. The van der Waals surface area contributed by atoms with Crippen LogP contribution in [0.1, 0.15) is 29.8 Å². The standard InChI is InChI=1S/C20H24ClFN2O/c1-3-24(4-2)17(12-15-8-6-5-7-9-15)14-23-20(25)18-13-16(21)10-11-19(18)22/h5-11,13,17H,3-4,12,14H2,1-2H3,(H,23,25). The molecular weight excluding hydrogens is 339 g/mol. The molecule has 0 radical (unpaired) electrons. The number of rotatable bonds is 8. The maximum Gasteiger partial charge on any atom is 0.254 e. The van der Waals surface area contributed by atoms with E-state index in [1.807, 2.05) is 18.2 Å². The van der Waals surface area contributed by atoms with Crippen LogP contribution in [0.4, 0.5) is 4.39 Å². The summed E-state index contributed by atoms with van der Waals surface area (Å²) in [5.74, 6) is -1.01. The normalized spacial score (nSPS) is 12.2. The molecule has 1 atom stereocenters. The number of nitrogens with zero attached hydrogens (tertiary/aromatic N) is 1. The average Bonchev–Trinajstić information content (AvgIpc) is 2.63. The molecule has 0 aliphatic carbocycles. The van der Waals surface area contributed by atoms with Crippen LogP contribution in [-0.2, 0) is 6.42 Å². The van der Waals surface area contributed by atoms with Crippen LogP contribution in [0.2, 0.25) is 5.02 Å². The van der Waals surface area contributed by atoms with Gasteiger partial charge in [-0.25, -0.2) is 4.39 Å². The van der Waals surface area contributed by atoms with Crippen LogP contribution < -0.4 is 5.32 Å². The lowest BCUT2D eigenvalue weighted by molar-refractivity contribution is 0.0930. The third kappa shape index (κ3) is 5.55. The molecule has 0 bridgehead atoms. The van der Waals surface area contributed by atoms with E-state index in [2.05, 4.69) is 36.2 Å². The summed E-state index contributed by atoms with van der Waals surface area (Å²) in [5.41, 5.74) is 1.19. The van der Waals surface area contributed by atoms with E-state index in [0.29, 0.717) is 11.6 Å². The van der Waals surface area contributed by atoms with Crippen molar-refractivity contribution in [1.82, 2.24) is 10.2 Å². The molecule has 0 saturated carbocycles. The minimum Gasteiger partial charge on any atom is -0.350 e. The zero-order valence-electron chi connectivity index (χ0n) is 14.6. The monoisotopic (exact) mass is 362 g/mol. The average molecular weight is 363 g/mol. The van der Waals surface area contributed by atoms with Gasteiger partial charge in [0.05, 0.1) is 5.56 Å². The number of hydrogen-bond donors (Lipinski definition) is 1. The summed E-state index contributed by atoms with van der Waals surface area (Å²) < 4.78 is 13.9. The Morgan fingerprint density at radius 1 is 1.16 bits per heavy atom. The molecule has 3 nitrogen and oxygen atoms in total. The first-order chi connectivity index (χ1) is 12.0. The molecule has 0 fully saturated rings. The zero-order valence-corrected chi connectivity index (χ0v) is 15.4. The van der Waals surface area contributed by atoms with E-state index in [0.717, 1.165) is 19.5 Å². The maximum absolute atomic E-state index is 13.9. The van der Waals surface area contributed by atoms with Crippen LogP contribution in [0, 0.1) is 5.82 Å². The van der Waals surface area contributed by atoms with Crippen LogP contribution >= 0.6 is 11.6 Å². The first-order valence-electron chi connectivity index (χ1n) is 8.56. The van der Waals surface area contributed by atoms with Crippen molar-refractivity contribution in [1.29, 1.82) is 0 Å². The summed E-state index contributed by atoms with van der Waals surface area (Å²) in [6.45, 7) is 6.41. The van der Waals surface area contributed by atoms with E-state index in [-0.39, 0.29) is 11.6 Å². The summed E-state index contributed by atoms with van der Waals surface area (Å²) in [6.07, 6.45) is 0.820. The van der Waals surface area contributed by atoms with Crippen molar-refractivity contribution in [3.05, 3.63) is 70.5 Å². The number of hydrogen-bond acceptors (Lipinski definition) is 2. The lowest BCUT2D eigenvalue weighted by atomic mass is 10.0. The van der Waals surface area contributed by atoms with Gasteiger partial charge in [-0.2, -0.15) is 0 Å². The summed E-state index contributed by atoms with van der Waals surface area (Å²) in [6, 6.07) is 14.3. The van der Waals surface area contributed by atoms with E-state index in [1.54, 1.807) is 0 Å². The van der Waals surface area contributed by atoms with Crippen LogP contribution in [0.3, 0.4) is 0 Å². The van der Waals surface area contributed by atoms with Crippen molar-refractivity contribution in [2.45, 2.75) is 26.3 Å². The van der Waals surface area contributed by atoms with Crippen molar-refractivity contribution < 1.29 is 9.18 Å². The summed E-state index contributed by atoms with van der Waals surface area (Å²) in [4.78, 5) is 14.6. The molecular formula is C20H24ClFN2O. The summed E-state index contributed by atoms with van der Waals surface area (Å²) in [5, 5.41) is 3.20. The second-order valence-electron chi connectivity index (χ2n) is 5.90. The predicted molar refractivity (Wildman–Crippen MR) is 101 cm³/mol. The van der Waals surface area contributed by atoms with Gasteiger partial charge in [0.15, 0.2) is 0 Å². The molecule has 1 unspecified atom stereocenters. The minimum atomic E-state index is -0.565. The Balaban J connectivity index is 2.08. The molecule has 2 rings (SSSR count). The van der Waals surface area contributed by atoms with Gasteiger partial charge in [-0.05, 0) is 43.3 Å². The van der Waals surface area contributed by atoms with Crippen molar-refractivity contribution >= 4 is 17.5 Å². The smallest absolute Gasteiger partial charge is 0.254 e. The Bertz CT molecular complexity index is 689. The fraction of sp³-hybridized carbons (Fsp3) is 0.350. The van der Waals surface area contributed by atoms with E-state index < -0.39 is 11.7 Å². The highest BCUT2D eigenvalue weighted by atomic mass is 35.5. The number of carbonyl (C=O) groups excluding carboxylic acids is 1. The minimum absolute atomic E-state index is 0.0227. The topological polar surface area (TPSA) is 32.3 Å². The van der Waals surface area contributed by atoms with E-state index in [9.17, 15) is 9.18 Å². The molecule has 0 spiro atoms. The largest absolute Gasteiger partial charge is 0.350 e. The molecule has 1 N–H and O–H groups in total. The highest BCUT2D eigenvalue weighted by molar-refractivity contribution is 6.31. The molecule has 0 heterocycles. The predicted octanol–water partition coefficient (Wildman–Crippen LogP) is 4.16. The summed E-state index contributed by atoms with van der Waals surface area (Å²) in [7, 11) is 0. The molecule has 0 aliphatic rings. The van der Waals surface area contributed by atoms with Crippen molar-refractivity contribution in [3.63, 3.8) is 0 Å². The van der Waals surface area contributed by atoms with Gasteiger partial charge in [-0.15, -0.1) is 0 Å². The lowest BCUT2D eigenvalue weighted by Crippen LogP contribution is -2.45. The van der Waals surface area contributed by atoms with Gasteiger partial charge >= 0.3 is 0 Å². The van der Waals surface area contributed by atoms with Crippen LogP contribution in [0.15, 0.2) is 48.5 Å². The van der Waals surface area contributed by atoms with Crippen molar-refractivity contribution in [2.75, 3.05) is 19.6 Å². The van der Waals surface area contributed by atoms with Crippen molar-refractivity contribution in [3.8, 4) is 0 Å². The van der Waals surface area contributed by atoms with Gasteiger partial charge in [-0.1, -0.05) is 55.8 Å². The molecule has 0 aromatic heterocycles. The van der Waals surface area contributed by atoms with Gasteiger partial charge in [-0.3, -0.25) is 9.69 Å². The van der Waals surface area contributed by atoms with Crippen molar-refractivity contribution in [2.24, 2.45) is 0 Å². The highest BCUT2D eigenvalue weighted by Gasteiger charge is 2.19. The molecule has 0 aliphatic heterocycles. The van der Waals surface area contributed by atoms with E-state index in [4.69, 9.17) is 11.6 Å². The number of amides is 1. The quantitative estimate of drug-likeness (QED) is 0.764. The second kappa shape index (κ2) is 9.54. The Kier molecular flexibility index (Phi) is 7.41. The third-order valence-electron chi connectivity index (χ3n) is 4.31. The zero-order chi connectivity index (χ0) is 18.2. The first kappa shape index (κ1) is 19.4. The Labute approximate surface area is 153 Å². The maximum atomic E-state index is 13.9. The fourth-order valence-electron chi connectivity index (χ4n) is 2.93.